The van der Waals surface area contributed by atoms with Crippen LogP contribution in [0.15, 0.2) is 109 Å². The first-order valence-electron chi connectivity index (χ1n) is 32.9. The van der Waals surface area contributed by atoms with Gasteiger partial charge in [-0.05, 0) is 104 Å². The van der Waals surface area contributed by atoms with E-state index in [0.29, 0.717) is 51.7 Å². The lowest BCUT2D eigenvalue weighted by molar-refractivity contribution is -0.144. The lowest BCUT2D eigenvalue weighted by Gasteiger charge is -2.33. The van der Waals surface area contributed by atoms with E-state index in [0.717, 1.165) is 23.6 Å². The summed E-state index contributed by atoms with van der Waals surface area (Å²) in [4.78, 5) is 173. The molecule has 0 aliphatic carbocycles. The van der Waals surface area contributed by atoms with Crippen LogP contribution in [-0.2, 0) is 83.2 Å². The van der Waals surface area contributed by atoms with Gasteiger partial charge in [-0.25, -0.2) is 4.79 Å². The van der Waals surface area contributed by atoms with E-state index in [9.17, 15) is 68.7 Å². The molecule has 0 bridgehead atoms. The number of aliphatic carboxylic acids is 1. The van der Waals surface area contributed by atoms with Crippen LogP contribution in [0.1, 0.15) is 61.8 Å². The van der Waals surface area contributed by atoms with E-state index in [1.54, 1.807) is 60.8 Å². The van der Waals surface area contributed by atoms with Crippen molar-refractivity contribution in [2.24, 2.45) is 11.5 Å². The smallest absolute Gasteiger partial charge is 0.328 e. The number of nitrogen functional groups attached to an aromatic ring is 1. The van der Waals surface area contributed by atoms with E-state index in [1.807, 2.05) is 17.4 Å². The number of para-hydroxylation sites is 1. The minimum Gasteiger partial charge on any atom is -0.508 e. The van der Waals surface area contributed by atoms with Crippen molar-refractivity contribution in [3.8, 4) is 5.75 Å². The summed E-state index contributed by atoms with van der Waals surface area (Å²) in [6.45, 7) is 1.10. The van der Waals surface area contributed by atoms with Gasteiger partial charge in [-0.1, -0.05) is 72.8 Å². The number of rotatable bonds is 32. The number of nitrogens with one attached hydrogen (secondary N) is 11. The monoisotopic (exact) mass is 1450 g/mol. The Morgan fingerprint density at radius 3 is 1.84 bits per heavy atom. The van der Waals surface area contributed by atoms with Crippen LogP contribution >= 0.6 is 24.4 Å². The number of phenolic OH excluding ortho intramolecular Hbond substituents is 1. The number of nitrogens with two attached hydrogens (primary N) is 3. The number of hydrogen-bond acceptors (Lipinski definition) is 21. The quantitative estimate of drug-likeness (QED) is 0.0112. The van der Waals surface area contributed by atoms with Crippen molar-refractivity contribution in [1.82, 2.24) is 63.1 Å². The van der Waals surface area contributed by atoms with E-state index in [-0.39, 0.29) is 62.3 Å². The zero-order valence-corrected chi connectivity index (χ0v) is 58.2. The van der Waals surface area contributed by atoms with E-state index < -0.39 is 169 Å². The average Bonchev–Trinajstić information content (AvgIpc) is 1.56. The van der Waals surface area contributed by atoms with Crippen LogP contribution in [-0.4, -0.2) is 229 Å². The van der Waals surface area contributed by atoms with Gasteiger partial charge in [-0.3, -0.25) is 52.7 Å². The topological polar surface area (TPSA) is 523 Å². The number of carboxylic acid groups (broad SMARTS) is 1. The summed E-state index contributed by atoms with van der Waals surface area (Å²) >= 11 is 5.16. The molecule has 6 rings (SSSR count). The third-order valence-corrected chi connectivity index (χ3v) is 18.1. The molecule has 4 aromatic carbocycles. The summed E-state index contributed by atoms with van der Waals surface area (Å²) in [6.07, 6.45) is -1.73. The van der Waals surface area contributed by atoms with Crippen LogP contribution < -0.4 is 70.4 Å². The van der Waals surface area contributed by atoms with Crippen molar-refractivity contribution in [2.45, 2.75) is 144 Å². The number of fused-ring (bicyclic) bond motifs is 1. The van der Waals surface area contributed by atoms with Gasteiger partial charge in [0.2, 0.25) is 65.0 Å². The second-order valence-electron chi connectivity index (χ2n) is 24.7. The minimum absolute atomic E-state index is 0.00768. The second kappa shape index (κ2) is 40.0. The zero-order valence-electron chi connectivity index (χ0n) is 56.5. The van der Waals surface area contributed by atoms with Crippen molar-refractivity contribution in [2.75, 3.05) is 49.7 Å². The van der Waals surface area contributed by atoms with E-state index in [2.05, 4.69) is 65.5 Å². The fraction of sp³-hybridized carbons (Fsp3) is 0.441. The maximum Gasteiger partial charge on any atom is 0.328 e. The predicted molar refractivity (Wildman–Crippen MR) is 380 cm³/mol. The summed E-state index contributed by atoms with van der Waals surface area (Å²) in [5.41, 5.74) is 21.2. The van der Waals surface area contributed by atoms with Gasteiger partial charge in [0, 0.05) is 67.8 Å². The van der Waals surface area contributed by atoms with Crippen LogP contribution in [0.5, 0.6) is 5.75 Å². The highest BCUT2D eigenvalue weighted by atomic mass is 32.2. The van der Waals surface area contributed by atoms with Gasteiger partial charge >= 0.3 is 5.97 Å². The normalized spacial score (nSPS) is 20.0. The summed E-state index contributed by atoms with van der Waals surface area (Å²) in [6, 6.07) is 10.7. The van der Waals surface area contributed by atoms with E-state index >= 15 is 14.4 Å². The highest BCUT2D eigenvalue weighted by molar-refractivity contribution is 7.99. The van der Waals surface area contributed by atoms with Crippen LogP contribution in [0.2, 0.25) is 0 Å². The Bertz CT molecular complexity index is 3700. The Morgan fingerprint density at radius 1 is 0.637 bits per heavy atom. The number of aromatic hydroxyl groups is 1. The Labute approximate surface area is 597 Å². The number of thioether (sulfide) groups is 1. The molecule has 1 aliphatic heterocycles. The number of thiol groups is 1. The molecule has 13 atom stereocenters. The summed E-state index contributed by atoms with van der Waals surface area (Å²) in [5, 5.41) is 76.5. The molecule has 5 aromatic rings. The minimum atomic E-state index is -1.78. The van der Waals surface area contributed by atoms with Crippen LogP contribution in [0.25, 0.3) is 10.9 Å². The number of carbonyl (C=O) groups is 12. The van der Waals surface area contributed by atoms with Crippen molar-refractivity contribution >= 4 is 112 Å². The molecule has 1 aliphatic rings. The van der Waals surface area contributed by atoms with Crippen LogP contribution in [0, 0.1) is 0 Å². The number of carboxylic acids is 1. The third-order valence-electron chi connectivity index (χ3n) is 16.8. The first-order valence-corrected chi connectivity index (χ1v) is 34.7. The maximum absolute atomic E-state index is 15.2. The number of carbonyl (C=O) groups excluding carboxylic acids is 11. The van der Waals surface area contributed by atoms with Gasteiger partial charge in [0.25, 0.3) is 0 Å². The number of likely N-dealkylation sites (N-methyl/N-ethyl adjacent to an activating group) is 1. The number of phenols is 1. The maximum atomic E-state index is 15.2. The van der Waals surface area contributed by atoms with Crippen molar-refractivity contribution in [3.63, 3.8) is 0 Å². The summed E-state index contributed by atoms with van der Waals surface area (Å²) < 4.78 is 0. The Balaban J connectivity index is 1.24. The van der Waals surface area contributed by atoms with Crippen LogP contribution in [0.3, 0.4) is 0 Å². The number of aliphatic hydroxyl groups is 3. The molecule has 0 saturated carbocycles. The van der Waals surface area contributed by atoms with Gasteiger partial charge in [-0.15, -0.1) is 0 Å². The van der Waals surface area contributed by atoms with Crippen molar-refractivity contribution in [3.05, 3.63) is 132 Å². The van der Waals surface area contributed by atoms with E-state index in [4.69, 9.17) is 17.2 Å². The fourth-order valence-electron chi connectivity index (χ4n) is 10.9. The number of aromatic nitrogens is 1. The summed E-state index contributed by atoms with van der Waals surface area (Å²) in [5.74, 6) is -12.5. The largest absolute Gasteiger partial charge is 0.508 e. The highest BCUT2D eigenvalue weighted by Crippen LogP contribution is 2.22. The number of aliphatic hydroxyl groups excluding tert-OH is 3. The molecular weight excluding hydrogens is 1360 g/mol. The first kappa shape index (κ1) is 81.1. The molecule has 552 valence electrons. The molecule has 1 saturated heterocycles. The standard InChI is InChI=1S/C68H91N15O17S2/c1-36(85)56-65(96)78-51(29-38-11-5-4-6-12-38)67(98)83(3)54(64(95)77-49(28-40-18-22-43(87)23-19-40)60(91)76-50(30-41-31-72-46-14-8-7-13-44(41)46)62(93)74-47(59(90)81-56)15-9-10-25-69)24-26-102-35-55(88)73-32-45(71)58(89)75-48(27-39-16-20-42(70)21-17-39)61(92)80-53(34-101)63(94)82-57(37(2)86)66(97)79-52(33-84)68(99)100/h4-8,11-14,16-23,31,36-37,45,47-54,56-57,72,84-87,101H,9-10,15,24-30,32-35,69-71H2,1-3H3,(H,73,88)(H,74,93)(H,75,89)(H,76,91)(H,77,95)(H,78,96)(H,79,97)(H,80,92)(H,81,90)(H,82,94)(H,99,100)/t36?,37?,45-,47-,48-,49-,50?,51-,52-,53-,54-,56-,57-/m0/s1. The number of benzene rings is 4. The molecule has 22 N–H and O–H groups in total. The Morgan fingerprint density at radius 2 is 1.21 bits per heavy atom. The molecule has 1 aromatic heterocycles. The van der Waals surface area contributed by atoms with Crippen molar-refractivity contribution < 1.29 is 83.1 Å². The molecule has 0 spiro atoms. The molecule has 1 fully saturated rings. The number of aromatic amines is 1. The van der Waals surface area contributed by atoms with Gasteiger partial charge in [-0.2, -0.15) is 24.4 Å². The average molecular weight is 1450 g/mol. The molecule has 102 heavy (non-hydrogen) atoms. The number of H-pyrrole nitrogens is 1. The third kappa shape index (κ3) is 24.5. The fourth-order valence-corrected chi connectivity index (χ4v) is 12.0. The van der Waals surface area contributed by atoms with Gasteiger partial charge in [0.15, 0.2) is 0 Å². The lowest BCUT2D eigenvalue weighted by Crippen LogP contribution is -2.63. The molecule has 32 nitrogen and oxygen atoms in total. The zero-order chi connectivity index (χ0) is 74.7. The number of amides is 11. The van der Waals surface area contributed by atoms with Gasteiger partial charge in [0.1, 0.15) is 72.2 Å². The summed E-state index contributed by atoms with van der Waals surface area (Å²) in [7, 11) is 1.30. The predicted octanol–water partition coefficient (Wildman–Crippen LogP) is -3.61. The number of unbranched alkanes of at least 4 members (excludes halogenated alkanes) is 1. The van der Waals surface area contributed by atoms with Crippen LogP contribution in [0.4, 0.5) is 5.69 Å². The Hall–Kier alpha value is -9.84. The molecule has 2 heterocycles. The number of nitrogens with zero attached hydrogens (tertiary/aromatic N) is 1. The molecule has 34 heteroatoms. The SMILES string of the molecule is CC(O)[C@H](NC(=O)[C@H](CS)NC(=O)[C@H](Cc1ccc(N)cc1)NC(=O)[C@@H](N)CNC(=O)CSCC[C@H]1C(=O)N[C@@H](Cc2ccc(O)cc2)C(=O)NC(Cc2c[nH]c3ccccc23)C(=O)N[C@@H](CCCCN)C(=O)N[C@@H](C(C)O)C(=O)N[C@@H](Cc2ccccc2)C(=O)N1C)C(=O)N[C@@H](CO)C(=O)O. The molecule has 3 unspecified atom stereocenters. The molecule has 11 amide bonds. The number of anilines is 1. The lowest BCUT2D eigenvalue weighted by atomic mass is 10.00. The van der Waals surface area contributed by atoms with Gasteiger partial charge < -0.3 is 106 Å². The molecule has 0 radical (unpaired) electrons. The Kier molecular flexibility index (Phi) is 31.8. The van der Waals surface area contributed by atoms with E-state index in [1.165, 1.54) is 50.4 Å². The second-order valence-corrected chi connectivity index (χ2v) is 26.1. The highest BCUT2D eigenvalue weighted by Gasteiger charge is 2.40. The van der Waals surface area contributed by atoms with Crippen molar-refractivity contribution in [1.29, 1.82) is 0 Å². The van der Waals surface area contributed by atoms with Gasteiger partial charge in [0.05, 0.1) is 24.6 Å². The molecular formula is C68H91N15O17S2. The first-order chi connectivity index (χ1) is 48.6. The number of hydrogen-bond donors (Lipinski definition) is 20.